The summed E-state index contributed by atoms with van der Waals surface area (Å²) in [5.74, 6) is 0. The lowest BCUT2D eigenvalue weighted by Crippen LogP contribution is -1.85. The van der Waals surface area contributed by atoms with Gasteiger partial charge in [-0.1, -0.05) is 572 Å². The third kappa shape index (κ3) is 88.0. The van der Waals surface area contributed by atoms with Crippen LogP contribution in [-0.2, 0) is 0 Å². The zero-order valence-corrected chi connectivity index (χ0v) is 63.5. The summed E-state index contributed by atoms with van der Waals surface area (Å²) in [4.78, 5) is 0. The van der Waals surface area contributed by atoms with Crippen molar-refractivity contribution in [3.8, 4) is 0 Å². The van der Waals surface area contributed by atoms with E-state index in [1.165, 1.54) is 559 Å². The van der Waals surface area contributed by atoms with Crippen LogP contribution < -0.4 is 0 Å². The van der Waals surface area contributed by atoms with E-state index < -0.39 is 0 Å². The lowest BCUT2D eigenvalue weighted by Gasteiger charge is -2.05. The standard InChI is InChI=1S/C89H180/c1-3-5-7-9-11-13-15-17-19-21-23-25-27-29-31-33-35-37-39-41-43-45-47-49-51-53-55-57-59-61-63-65-67-69-71-73-75-77-79-81-83-85-87-89-88-86-84-82-80-78-76-74-72-70-68-66-64-62-60-58-56-54-52-50-48-46-44-42-40-38-36-34-32-30-28-26-24-22-20-18-16-14-12-10-8-6-4-2/h3-89H2,1-2H3. The highest BCUT2D eigenvalue weighted by Gasteiger charge is 2.03. The average molecular weight is 1250 g/mol. The smallest absolute Gasteiger partial charge is 0.0533 e. The number of hydrogen-bond donors (Lipinski definition) is 0. The molecule has 0 radical (unpaired) electrons. The van der Waals surface area contributed by atoms with Crippen molar-refractivity contribution in [3.05, 3.63) is 0 Å². The Balaban J connectivity index is 3.08. The highest BCUT2D eigenvalue weighted by Crippen LogP contribution is 2.22. The summed E-state index contributed by atoms with van der Waals surface area (Å²) in [5, 5.41) is 0. The molecule has 536 valence electrons. The lowest BCUT2D eigenvalue weighted by atomic mass is 10.0. The molecule has 0 aliphatic rings. The molecule has 0 N–H and O–H groups in total. The largest absolute Gasteiger partial charge is 0.0654 e. The first-order valence-corrected chi connectivity index (χ1v) is 44.4. The molecule has 0 aromatic heterocycles. The first-order chi connectivity index (χ1) is 44.4. The highest BCUT2D eigenvalue weighted by atomic mass is 14.1. The normalized spacial score (nSPS) is 11.8. The summed E-state index contributed by atoms with van der Waals surface area (Å²) in [7, 11) is 0. The first-order valence-electron chi connectivity index (χ1n) is 44.4. The average Bonchev–Trinajstić information content (AvgIpc) is 3.54. The van der Waals surface area contributed by atoms with Crippen molar-refractivity contribution in [2.75, 3.05) is 0 Å². The Labute approximate surface area is 569 Å². The van der Waals surface area contributed by atoms with Crippen molar-refractivity contribution in [2.45, 2.75) is 572 Å². The molecule has 0 fully saturated rings. The van der Waals surface area contributed by atoms with Crippen molar-refractivity contribution in [1.82, 2.24) is 0 Å². The fourth-order valence-corrected chi connectivity index (χ4v) is 15.2. The molecule has 0 unspecified atom stereocenters. The monoisotopic (exact) mass is 1250 g/mol. The van der Waals surface area contributed by atoms with Crippen LogP contribution in [0.3, 0.4) is 0 Å². The molecule has 0 rings (SSSR count). The maximum Gasteiger partial charge on any atom is -0.0533 e. The predicted octanol–water partition coefficient (Wildman–Crippen LogP) is 35.0. The van der Waals surface area contributed by atoms with Crippen molar-refractivity contribution < 1.29 is 0 Å². The van der Waals surface area contributed by atoms with Crippen LogP contribution >= 0.6 is 0 Å². The fraction of sp³-hybridized carbons (Fsp3) is 1.00. The van der Waals surface area contributed by atoms with Gasteiger partial charge in [-0.25, -0.2) is 0 Å². The minimum atomic E-state index is 1.37. The Morgan fingerprint density at radius 3 is 0.124 bits per heavy atom. The zero-order chi connectivity index (χ0) is 63.5. The molecule has 0 saturated heterocycles. The van der Waals surface area contributed by atoms with Crippen molar-refractivity contribution >= 4 is 0 Å². The van der Waals surface area contributed by atoms with Gasteiger partial charge in [0.05, 0.1) is 0 Å². The van der Waals surface area contributed by atoms with Crippen LogP contribution in [0.25, 0.3) is 0 Å². The summed E-state index contributed by atoms with van der Waals surface area (Å²) in [6.07, 6.45) is 130. The molecular weight excluding hydrogens is 1070 g/mol. The second-order valence-electron chi connectivity index (χ2n) is 31.1. The Hall–Kier alpha value is 0. The van der Waals surface area contributed by atoms with E-state index in [4.69, 9.17) is 0 Å². The summed E-state index contributed by atoms with van der Waals surface area (Å²) in [5.41, 5.74) is 0. The van der Waals surface area contributed by atoms with E-state index in [1.807, 2.05) is 0 Å². The van der Waals surface area contributed by atoms with Crippen LogP contribution in [0, 0.1) is 0 Å². The molecule has 0 heteroatoms. The lowest BCUT2D eigenvalue weighted by molar-refractivity contribution is 0.505. The highest BCUT2D eigenvalue weighted by molar-refractivity contribution is 4.58. The molecule has 0 heterocycles. The third-order valence-corrected chi connectivity index (χ3v) is 21.7. The van der Waals surface area contributed by atoms with Crippen molar-refractivity contribution in [3.63, 3.8) is 0 Å². The van der Waals surface area contributed by atoms with Gasteiger partial charge in [-0.05, 0) is 0 Å². The molecule has 0 spiro atoms. The number of hydrogen-bond acceptors (Lipinski definition) is 0. The Morgan fingerprint density at radius 1 is 0.0562 bits per heavy atom. The molecule has 0 aliphatic heterocycles. The zero-order valence-electron chi connectivity index (χ0n) is 63.5. The van der Waals surface area contributed by atoms with Crippen LogP contribution in [0.2, 0.25) is 0 Å². The predicted molar refractivity (Wildman–Crippen MR) is 413 cm³/mol. The van der Waals surface area contributed by atoms with E-state index in [0.717, 1.165) is 0 Å². The van der Waals surface area contributed by atoms with Crippen molar-refractivity contribution in [1.29, 1.82) is 0 Å². The Morgan fingerprint density at radius 2 is 0.0899 bits per heavy atom. The summed E-state index contributed by atoms with van der Waals surface area (Å²) in [6.45, 7) is 4.63. The van der Waals surface area contributed by atoms with Gasteiger partial charge in [0.15, 0.2) is 0 Å². The SMILES string of the molecule is CCCCCCCCCCCCCCCCCCCCCCCCCCCCCCCCCCCCCCCCCCCCCCCCCCCCCCCCCCCCCCCCCCCCCCCCCCCCCCCCCCCCCCCCC. The summed E-state index contributed by atoms with van der Waals surface area (Å²) >= 11 is 0. The quantitative estimate of drug-likeness (QED) is 0.0533. The van der Waals surface area contributed by atoms with Gasteiger partial charge in [0.25, 0.3) is 0 Å². The Kier molecular flexibility index (Phi) is 88.0. The van der Waals surface area contributed by atoms with Gasteiger partial charge in [-0.15, -0.1) is 0 Å². The number of rotatable bonds is 86. The molecule has 0 saturated carbocycles. The maximum atomic E-state index is 2.32. The van der Waals surface area contributed by atoms with E-state index in [0.29, 0.717) is 0 Å². The third-order valence-electron chi connectivity index (χ3n) is 21.7. The van der Waals surface area contributed by atoms with Gasteiger partial charge in [-0.3, -0.25) is 0 Å². The molecule has 0 bridgehead atoms. The van der Waals surface area contributed by atoms with Crippen LogP contribution in [0.4, 0.5) is 0 Å². The van der Waals surface area contributed by atoms with Crippen LogP contribution in [0.5, 0.6) is 0 Å². The van der Waals surface area contributed by atoms with E-state index in [1.54, 1.807) is 0 Å². The molecule has 89 heavy (non-hydrogen) atoms. The second kappa shape index (κ2) is 88.0. The van der Waals surface area contributed by atoms with Gasteiger partial charge in [0.1, 0.15) is 0 Å². The van der Waals surface area contributed by atoms with Crippen LogP contribution in [-0.4, -0.2) is 0 Å². The van der Waals surface area contributed by atoms with Gasteiger partial charge in [0.2, 0.25) is 0 Å². The van der Waals surface area contributed by atoms with Gasteiger partial charge in [-0.2, -0.15) is 0 Å². The molecule has 0 amide bonds. The topological polar surface area (TPSA) is 0 Å². The van der Waals surface area contributed by atoms with Crippen LogP contribution in [0.1, 0.15) is 572 Å². The van der Waals surface area contributed by atoms with Gasteiger partial charge >= 0.3 is 0 Å². The Bertz CT molecular complexity index is 1040. The summed E-state index contributed by atoms with van der Waals surface area (Å²) < 4.78 is 0. The molecule has 0 aromatic carbocycles. The van der Waals surface area contributed by atoms with E-state index in [9.17, 15) is 0 Å². The first kappa shape index (κ1) is 89.0. The summed E-state index contributed by atoms with van der Waals surface area (Å²) in [6, 6.07) is 0. The van der Waals surface area contributed by atoms with Crippen LogP contribution in [0.15, 0.2) is 0 Å². The molecule has 0 nitrogen and oxygen atoms in total. The van der Waals surface area contributed by atoms with E-state index in [2.05, 4.69) is 13.8 Å². The maximum absolute atomic E-state index is 2.32. The fourth-order valence-electron chi connectivity index (χ4n) is 15.2. The minimum Gasteiger partial charge on any atom is -0.0654 e. The molecule has 0 aliphatic carbocycles. The van der Waals surface area contributed by atoms with Crippen molar-refractivity contribution in [2.24, 2.45) is 0 Å². The molecule has 0 atom stereocenters. The molecular formula is C89H180. The minimum absolute atomic E-state index is 1.37. The molecule has 0 aromatic rings. The van der Waals surface area contributed by atoms with Gasteiger partial charge in [0, 0.05) is 0 Å². The number of unbranched alkanes of at least 4 members (excludes halogenated alkanes) is 86. The van der Waals surface area contributed by atoms with E-state index >= 15 is 0 Å². The van der Waals surface area contributed by atoms with Gasteiger partial charge < -0.3 is 0 Å². The second-order valence-corrected chi connectivity index (χ2v) is 31.1. The van der Waals surface area contributed by atoms with E-state index in [-0.39, 0.29) is 0 Å².